The molecular weight excluding hydrogens is 371 g/mol. The van der Waals surface area contributed by atoms with Crippen LogP contribution in [-0.2, 0) is 9.59 Å². The lowest BCUT2D eigenvalue weighted by Crippen LogP contribution is -2.35. The van der Waals surface area contributed by atoms with Crippen LogP contribution >= 0.6 is 23.2 Å². The molecule has 1 aliphatic rings. The van der Waals surface area contributed by atoms with Gasteiger partial charge in [0.2, 0.25) is 11.8 Å². The summed E-state index contributed by atoms with van der Waals surface area (Å²) in [4.78, 5) is 25.3. The third-order valence-corrected chi connectivity index (χ3v) is 5.20. The number of carbonyl (C=O) groups excluding carboxylic acids is 2. The first-order chi connectivity index (χ1) is 12.3. The Bertz CT molecular complexity index is 843. The van der Waals surface area contributed by atoms with Crippen molar-refractivity contribution in [1.29, 1.82) is 0 Å². The van der Waals surface area contributed by atoms with E-state index in [2.05, 4.69) is 24.5 Å². The van der Waals surface area contributed by atoms with Crippen LogP contribution in [0, 0.1) is 5.41 Å². The van der Waals surface area contributed by atoms with E-state index in [1.165, 1.54) is 5.56 Å². The molecule has 2 N–H and O–H groups in total. The van der Waals surface area contributed by atoms with Crippen LogP contribution in [0.15, 0.2) is 42.5 Å². The molecule has 3 rings (SSSR count). The number of carbonyl (C=O) groups is 2. The highest BCUT2D eigenvalue weighted by Crippen LogP contribution is 2.48. The van der Waals surface area contributed by atoms with Crippen molar-refractivity contribution in [3.63, 3.8) is 0 Å². The summed E-state index contributed by atoms with van der Waals surface area (Å²) in [7, 11) is 0. The van der Waals surface area contributed by atoms with Gasteiger partial charge < -0.3 is 10.6 Å². The standard InChI is InChI=1S/C20H20Cl2N2O2/c1-12(2)13-3-6-15(7-4-13)23-18(25)20(9-10-20)19(26)24-17-11-14(21)5-8-16(17)22/h3-8,11-12H,9-10H2,1-2H3,(H,23,25)(H,24,26). The van der Waals surface area contributed by atoms with Gasteiger partial charge in [0, 0.05) is 10.7 Å². The van der Waals surface area contributed by atoms with Crippen molar-refractivity contribution < 1.29 is 9.59 Å². The summed E-state index contributed by atoms with van der Waals surface area (Å²) < 4.78 is 0. The highest BCUT2D eigenvalue weighted by Gasteiger charge is 2.56. The monoisotopic (exact) mass is 390 g/mol. The Kier molecular flexibility index (Phi) is 5.26. The molecule has 4 nitrogen and oxygen atoms in total. The molecule has 1 saturated carbocycles. The van der Waals surface area contributed by atoms with Crippen LogP contribution < -0.4 is 10.6 Å². The summed E-state index contributed by atoms with van der Waals surface area (Å²) in [6.45, 7) is 4.22. The molecule has 0 bridgehead atoms. The quantitative estimate of drug-likeness (QED) is 0.664. The van der Waals surface area contributed by atoms with Gasteiger partial charge in [-0.2, -0.15) is 0 Å². The summed E-state index contributed by atoms with van der Waals surface area (Å²) in [5.74, 6) is -0.244. The first-order valence-corrected chi connectivity index (χ1v) is 9.25. The molecule has 26 heavy (non-hydrogen) atoms. The lowest BCUT2D eigenvalue weighted by molar-refractivity contribution is -0.131. The van der Waals surface area contributed by atoms with E-state index in [1.54, 1.807) is 18.2 Å². The van der Waals surface area contributed by atoms with Crippen LogP contribution in [-0.4, -0.2) is 11.8 Å². The minimum Gasteiger partial charge on any atom is -0.325 e. The number of amides is 2. The fourth-order valence-corrected chi connectivity index (χ4v) is 3.06. The zero-order valence-electron chi connectivity index (χ0n) is 14.6. The molecule has 0 radical (unpaired) electrons. The number of hydrogen-bond donors (Lipinski definition) is 2. The van der Waals surface area contributed by atoms with Gasteiger partial charge in [-0.05, 0) is 54.7 Å². The van der Waals surface area contributed by atoms with Gasteiger partial charge in [0.05, 0.1) is 10.7 Å². The van der Waals surface area contributed by atoms with Crippen LogP contribution in [0.25, 0.3) is 0 Å². The predicted octanol–water partition coefficient (Wildman–Crippen LogP) is 5.47. The maximum atomic E-state index is 12.7. The van der Waals surface area contributed by atoms with Gasteiger partial charge in [0.25, 0.3) is 0 Å². The molecule has 2 aromatic rings. The zero-order valence-corrected chi connectivity index (χ0v) is 16.1. The number of hydrogen-bond acceptors (Lipinski definition) is 2. The maximum absolute atomic E-state index is 12.7. The molecule has 136 valence electrons. The largest absolute Gasteiger partial charge is 0.325 e. The van der Waals surface area contributed by atoms with Crippen LogP contribution in [0.5, 0.6) is 0 Å². The molecule has 0 heterocycles. The Morgan fingerprint density at radius 2 is 1.58 bits per heavy atom. The molecule has 2 aromatic carbocycles. The molecule has 0 atom stereocenters. The van der Waals surface area contributed by atoms with Crippen molar-refractivity contribution in [3.8, 4) is 0 Å². The van der Waals surface area contributed by atoms with Crippen LogP contribution in [0.1, 0.15) is 38.2 Å². The number of anilines is 2. The predicted molar refractivity (Wildman–Crippen MR) is 106 cm³/mol. The first kappa shape index (κ1) is 18.7. The topological polar surface area (TPSA) is 58.2 Å². The highest BCUT2D eigenvalue weighted by molar-refractivity contribution is 6.36. The van der Waals surface area contributed by atoms with E-state index in [0.717, 1.165) is 0 Å². The summed E-state index contributed by atoms with van der Waals surface area (Å²) >= 11 is 12.0. The number of nitrogens with one attached hydrogen (secondary N) is 2. The lowest BCUT2D eigenvalue weighted by Gasteiger charge is -2.16. The first-order valence-electron chi connectivity index (χ1n) is 8.50. The summed E-state index contributed by atoms with van der Waals surface area (Å²) in [5.41, 5.74) is 1.23. The molecule has 0 aliphatic heterocycles. The van der Waals surface area contributed by atoms with E-state index >= 15 is 0 Å². The molecular formula is C20H20Cl2N2O2. The van der Waals surface area contributed by atoms with E-state index in [4.69, 9.17) is 23.2 Å². The van der Waals surface area contributed by atoms with Crippen LogP contribution in [0.2, 0.25) is 10.0 Å². The van der Waals surface area contributed by atoms with E-state index in [9.17, 15) is 9.59 Å². The molecule has 0 unspecified atom stereocenters. The molecule has 1 fully saturated rings. The number of benzene rings is 2. The van der Waals surface area contributed by atoms with Gasteiger partial charge in [-0.15, -0.1) is 0 Å². The second-order valence-corrected chi connectivity index (χ2v) is 7.73. The fraction of sp³-hybridized carbons (Fsp3) is 0.300. The average Bonchev–Trinajstić information content (AvgIpc) is 3.40. The fourth-order valence-electron chi connectivity index (χ4n) is 2.72. The molecule has 1 aliphatic carbocycles. The smallest absolute Gasteiger partial charge is 0.240 e. The molecule has 0 aromatic heterocycles. The number of halogens is 2. The van der Waals surface area contributed by atoms with E-state index in [1.807, 2.05) is 24.3 Å². The molecule has 0 spiro atoms. The van der Waals surface area contributed by atoms with E-state index in [0.29, 0.717) is 40.2 Å². The summed E-state index contributed by atoms with van der Waals surface area (Å²) in [6.07, 6.45) is 1.01. The zero-order chi connectivity index (χ0) is 18.9. The van der Waals surface area contributed by atoms with Crippen LogP contribution in [0.3, 0.4) is 0 Å². The molecule has 6 heteroatoms. The van der Waals surface area contributed by atoms with Gasteiger partial charge in [-0.25, -0.2) is 0 Å². The average molecular weight is 391 g/mol. The minimum atomic E-state index is -1.05. The molecule has 2 amide bonds. The Morgan fingerprint density at radius 1 is 0.962 bits per heavy atom. The van der Waals surface area contributed by atoms with Crippen molar-refractivity contribution in [2.24, 2.45) is 5.41 Å². The Labute approximate surface area is 162 Å². The molecule has 0 saturated heterocycles. The lowest BCUT2D eigenvalue weighted by atomic mass is 10.0. The van der Waals surface area contributed by atoms with Gasteiger partial charge in [0.15, 0.2) is 0 Å². The minimum absolute atomic E-state index is 0.301. The van der Waals surface area contributed by atoms with Crippen molar-refractivity contribution in [3.05, 3.63) is 58.1 Å². The normalized spacial score (nSPS) is 14.8. The SMILES string of the molecule is CC(C)c1ccc(NC(=O)C2(C(=O)Nc3cc(Cl)ccc3Cl)CC2)cc1. The van der Waals surface area contributed by atoms with Gasteiger partial charge in [0.1, 0.15) is 5.41 Å². The van der Waals surface area contributed by atoms with E-state index < -0.39 is 5.41 Å². The Hall–Kier alpha value is -2.04. The summed E-state index contributed by atoms with van der Waals surface area (Å²) in [6, 6.07) is 12.5. The van der Waals surface area contributed by atoms with Crippen molar-refractivity contribution in [2.75, 3.05) is 10.6 Å². The second-order valence-electron chi connectivity index (χ2n) is 6.89. The Balaban J connectivity index is 1.70. The van der Waals surface area contributed by atoms with Crippen molar-refractivity contribution in [2.45, 2.75) is 32.6 Å². The number of rotatable bonds is 5. The highest BCUT2D eigenvalue weighted by atomic mass is 35.5. The van der Waals surface area contributed by atoms with Crippen molar-refractivity contribution in [1.82, 2.24) is 0 Å². The van der Waals surface area contributed by atoms with E-state index in [-0.39, 0.29) is 11.8 Å². The third-order valence-electron chi connectivity index (χ3n) is 4.63. The Morgan fingerprint density at radius 3 is 2.15 bits per heavy atom. The summed E-state index contributed by atoms with van der Waals surface area (Å²) in [5, 5.41) is 6.41. The van der Waals surface area contributed by atoms with Crippen LogP contribution in [0.4, 0.5) is 11.4 Å². The second kappa shape index (κ2) is 7.29. The van der Waals surface area contributed by atoms with Gasteiger partial charge >= 0.3 is 0 Å². The van der Waals surface area contributed by atoms with Gasteiger partial charge in [-0.3, -0.25) is 9.59 Å². The maximum Gasteiger partial charge on any atom is 0.240 e. The third kappa shape index (κ3) is 3.87. The van der Waals surface area contributed by atoms with Gasteiger partial charge in [-0.1, -0.05) is 49.2 Å². The van der Waals surface area contributed by atoms with Crippen molar-refractivity contribution >= 4 is 46.4 Å².